The van der Waals surface area contributed by atoms with E-state index >= 15 is 0 Å². The van der Waals surface area contributed by atoms with E-state index < -0.39 is 24.0 Å². The van der Waals surface area contributed by atoms with Crippen LogP contribution in [0.15, 0.2) is 36.4 Å². The summed E-state index contributed by atoms with van der Waals surface area (Å²) in [5.74, 6) is -1.85. The van der Waals surface area contributed by atoms with Gasteiger partial charge in [-0.15, -0.1) is 0 Å². The predicted octanol–water partition coefficient (Wildman–Crippen LogP) is 1.94. The molecule has 0 radical (unpaired) electrons. The molecule has 0 heterocycles. The van der Waals surface area contributed by atoms with Crippen LogP contribution in [-0.4, -0.2) is 35.7 Å². The molecule has 2 rings (SSSR count). The van der Waals surface area contributed by atoms with Crippen LogP contribution in [0.4, 0.5) is 4.79 Å². The summed E-state index contributed by atoms with van der Waals surface area (Å²) in [5.41, 5.74) is -0.0497. The second kappa shape index (κ2) is 7.45. The highest BCUT2D eigenvalue weighted by Crippen LogP contribution is 2.25. The quantitative estimate of drug-likeness (QED) is 0.743. The predicted molar refractivity (Wildman–Crippen MR) is 87.7 cm³/mol. The van der Waals surface area contributed by atoms with Crippen LogP contribution in [0.3, 0.4) is 0 Å². The SMILES string of the molecule is CCNC(=O)NC(=O)[C@H](C)OC(=O)c1cc2ccccc2cc1O. The van der Waals surface area contributed by atoms with Crippen molar-refractivity contribution in [2.24, 2.45) is 0 Å². The first-order valence-corrected chi connectivity index (χ1v) is 7.43. The number of urea groups is 1. The molecule has 2 aromatic rings. The van der Waals surface area contributed by atoms with Crippen molar-refractivity contribution in [1.29, 1.82) is 0 Å². The van der Waals surface area contributed by atoms with Crippen LogP contribution in [0.25, 0.3) is 10.8 Å². The molecule has 2 aromatic carbocycles. The number of carbonyl (C=O) groups excluding carboxylic acids is 3. The van der Waals surface area contributed by atoms with Crippen molar-refractivity contribution in [1.82, 2.24) is 10.6 Å². The molecule has 0 aliphatic rings. The summed E-state index contributed by atoms with van der Waals surface area (Å²) in [4.78, 5) is 35.2. The summed E-state index contributed by atoms with van der Waals surface area (Å²) in [6, 6.07) is 9.47. The first-order chi connectivity index (χ1) is 11.4. The van der Waals surface area contributed by atoms with Crippen molar-refractivity contribution in [2.75, 3.05) is 6.54 Å². The molecular formula is C17H18N2O5. The molecule has 0 aliphatic heterocycles. The van der Waals surface area contributed by atoms with E-state index in [0.29, 0.717) is 6.54 Å². The molecule has 0 unspecified atom stereocenters. The minimum Gasteiger partial charge on any atom is -0.507 e. The molecule has 126 valence electrons. The summed E-state index contributed by atoms with van der Waals surface area (Å²) in [5, 5.41) is 16.0. The van der Waals surface area contributed by atoms with Crippen molar-refractivity contribution in [3.8, 4) is 5.75 Å². The average molecular weight is 330 g/mol. The number of hydrogen-bond donors (Lipinski definition) is 3. The summed E-state index contributed by atoms with van der Waals surface area (Å²) < 4.78 is 5.02. The molecule has 0 saturated heterocycles. The van der Waals surface area contributed by atoms with E-state index in [1.165, 1.54) is 19.1 Å². The van der Waals surface area contributed by atoms with Gasteiger partial charge in [-0.3, -0.25) is 10.1 Å². The number of nitrogens with one attached hydrogen (secondary N) is 2. The van der Waals surface area contributed by atoms with Crippen molar-refractivity contribution in [3.63, 3.8) is 0 Å². The Morgan fingerprint density at radius 3 is 2.42 bits per heavy atom. The molecule has 0 saturated carbocycles. The third-order valence-electron chi connectivity index (χ3n) is 3.31. The molecule has 0 bridgehead atoms. The van der Waals surface area contributed by atoms with Crippen LogP contribution in [0.2, 0.25) is 0 Å². The summed E-state index contributed by atoms with van der Waals surface area (Å²) in [6.45, 7) is 3.40. The van der Waals surface area contributed by atoms with E-state index in [1.54, 1.807) is 25.1 Å². The van der Waals surface area contributed by atoms with E-state index in [2.05, 4.69) is 10.6 Å². The summed E-state index contributed by atoms with van der Waals surface area (Å²) >= 11 is 0. The van der Waals surface area contributed by atoms with E-state index in [0.717, 1.165) is 10.8 Å². The maximum Gasteiger partial charge on any atom is 0.342 e. The molecule has 0 fully saturated rings. The maximum atomic E-state index is 12.2. The number of imide groups is 1. The van der Waals surface area contributed by atoms with Gasteiger partial charge in [0.15, 0.2) is 6.10 Å². The molecule has 7 heteroatoms. The summed E-state index contributed by atoms with van der Waals surface area (Å²) in [6.07, 6.45) is -1.19. The van der Waals surface area contributed by atoms with Crippen LogP contribution in [-0.2, 0) is 9.53 Å². The molecule has 0 spiro atoms. The lowest BCUT2D eigenvalue weighted by molar-refractivity contribution is -0.127. The van der Waals surface area contributed by atoms with E-state index in [9.17, 15) is 19.5 Å². The second-order valence-electron chi connectivity index (χ2n) is 5.11. The number of fused-ring (bicyclic) bond motifs is 1. The van der Waals surface area contributed by atoms with E-state index in [1.807, 2.05) is 6.07 Å². The van der Waals surface area contributed by atoms with E-state index in [4.69, 9.17) is 4.74 Å². The van der Waals surface area contributed by atoms with Gasteiger partial charge in [0.05, 0.1) is 0 Å². The smallest absolute Gasteiger partial charge is 0.342 e. The monoisotopic (exact) mass is 330 g/mol. The number of phenolic OH excluding ortho intramolecular Hbond substituents is 1. The number of aromatic hydroxyl groups is 1. The highest BCUT2D eigenvalue weighted by molar-refractivity contribution is 6.01. The van der Waals surface area contributed by atoms with Gasteiger partial charge in [-0.25, -0.2) is 9.59 Å². The number of phenols is 1. The zero-order valence-electron chi connectivity index (χ0n) is 13.3. The fraction of sp³-hybridized carbons (Fsp3) is 0.235. The standard InChI is InChI=1S/C17H18N2O5/c1-3-18-17(23)19-15(21)10(2)24-16(22)13-8-11-6-4-5-7-12(11)9-14(13)20/h4-10,20H,3H2,1-2H3,(H2,18,19,21,23)/t10-/m0/s1. The highest BCUT2D eigenvalue weighted by Gasteiger charge is 2.22. The molecule has 24 heavy (non-hydrogen) atoms. The lowest BCUT2D eigenvalue weighted by Crippen LogP contribution is -2.44. The number of carbonyl (C=O) groups is 3. The Kier molecular flexibility index (Phi) is 5.36. The van der Waals surface area contributed by atoms with Gasteiger partial charge in [0.1, 0.15) is 11.3 Å². The molecule has 7 nitrogen and oxygen atoms in total. The summed E-state index contributed by atoms with van der Waals surface area (Å²) in [7, 11) is 0. The van der Waals surface area contributed by atoms with E-state index in [-0.39, 0.29) is 11.3 Å². The molecular weight excluding hydrogens is 312 g/mol. The normalized spacial score (nSPS) is 11.6. The zero-order chi connectivity index (χ0) is 17.7. The number of esters is 1. The van der Waals surface area contributed by atoms with Gasteiger partial charge in [-0.2, -0.15) is 0 Å². The number of benzene rings is 2. The fourth-order valence-corrected chi connectivity index (χ4v) is 2.09. The van der Waals surface area contributed by atoms with Crippen molar-refractivity contribution >= 4 is 28.7 Å². The van der Waals surface area contributed by atoms with Crippen molar-refractivity contribution < 1.29 is 24.2 Å². The Morgan fingerprint density at radius 2 is 1.79 bits per heavy atom. The van der Waals surface area contributed by atoms with Gasteiger partial charge in [0, 0.05) is 6.54 Å². The lowest BCUT2D eigenvalue weighted by atomic mass is 10.1. The van der Waals surface area contributed by atoms with Gasteiger partial charge in [0.2, 0.25) is 0 Å². The van der Waals surface area contributed by atoms with Crippen LogP contribution in [0.5, 0.6) is 5.75 Å². The Balaban J connectivity index is 2.10. The molecule has 3 N–H and O–H groups in total. The highest BCUT2D eigenvalue weighted by atomic mass is 16.5. The topological polar surface area (TPSA) is 105 Å². The van der Waals surface area contributed by atoms with Crippen molar-refractivity contribution in [2.45, 2.75) is 20.0 Å². The number of hydrogen-bond acceptors (Lipinski definition) is 5. The lowest BCUT2D eigenvalue weighted by Gasteiger charge is -2.14. The van der Waals surface area contributed by atoms with Gasteiger partial charge < -0.3 is 15.2 Å². The van der Waals surface area contributed by atoms with Gasteiger partial charge in [-0.05, 0) is 36.8 Å². The Bertz CT molecular complexity index is 788. The van der Waals surface area contributed by atoms with Gasteiger partial charge >= 0.3 is 12.0 Å². The molecule has 0 aliphatic carbocycles. The maximum absolute atomic E-state index is 12.2. The molecule has 1 atom stereocenters. The number of amides is 3. The largest absolute Gasteiger partial charge is 0.507 e. The van der Waals surface area contributed by atoms with Crippen molar-refractivity contribution in [3.05, 3.63) is 42.0 Å². The molecule has 0 aromatic heterocycles. The van der Waals surface area contributed by atoms with Crippen LogP contribution < -0.4 is 10.6 Å². The average Bonchev–Trinajstić information content (AvgIpc) is 2.54. The van der Waals surface area contributed by atoms with Crippen LogP contribution in [0, 0.1) is 0 Å². The molecule has 3 amide bonds. The number of ether oxygens (including phenoxy) is 1. The Labute approximate surface area is 138 Å². The zero-order valence-corrected chi connectivity index (χ0v) is 13.3. The van der Waals surface area contributed by atoms with Gasteiger partial charge in [0.25, 0.3) is 5.91 Å². The Hall–Kier alpha value is -3.09. The second-order valence-corrected chi connectivity index (χ2v) is 5.11. The first kappa shape index (κ1) is 17.3. The third kappa shape index (κ3) is 4.01. The number of rotatable bonds is 4. The fourth-order valence-electron chi connectivity index (χ4n) is 2.09. The minimum atomic E-state index is -1.19. The van der Waals surface area contributed by atoms with Crippen LogP contribution >= 0.6 is 0 Å². The first-order valence-electron chi connectivity index (χ1n) is 7.43. The minimum absolute atomic E-state index is 0.0497. The Morgan fingerprint density at radius 1 is 1.17 bits per heavy atom. The van der Waals surface area contributed by atoms with Gasteiger partial charge in [-0.1, -0.05) is 24.3 Å². The van der Waals surface area contributed by atoms with Crippen LogP contribution in [0.1, 0.15) is 24.2 Å². The third-order valence-corrected chi connectivity index (χ3v) is 3.31.